The van der Waals surface area contributed by atoms with Crippen LogP contribution in [-0.4, -0.2) is 13.4 Å². The highest BCUT2D eigenvalue weighted by Gasteiger charge is 2.22. The molecule has 0 aliphatic carbocycles. The Morgan fingerprint density at radius 1 is 1.53 bits per heavy atom. The molecule has 0 aliphatic rings. The second-order valence-electron chi connectivity index (χ2n) is 2.80. The van der Waals surface area contributed by atoms with Crippen molar-refractivity contribution < 1.29 is 17.2 Å². The molecule has 0 fully saturated rings. The first-order chi connectivity index (χ1) is 6.75. The van der Waals surface area contributed by atoms with Crippen LogP contribution in [0.2, 0.25) is 0 Å². The van der Waals surface area contributed by atoms with Crippen molar-refractivity contribution in [2.75, 3.05) is 0 Å². The van der Waals surface area contributed by atoms with Crippen molar-refractivity contribution in [1.29, 1.82) is 0 Å². The van der Waals surface area contributed by atoms with E-state index in [-0.39, 0.29) is 10.0 Å². The fraction of sp³-hybridized carbons (Fsp3) is 0.286. The van der Waals surface area contributed by atoms with E-state index in [0.717, 1.165) is 6.20 Å². The molecule has 1 heterocycles. The Kier molecular flexibility index (Phi) is 3.41. The number of nitrogens with two attached hydrogens (primary N) is 1. The number of hydrogen-bond donors (Lipinski definition) is 1. The highest BCUT2D eigenvalue weighted by molar-refractivity contribution is 9.10. The van der Waals surface area contributed by atoms with E-state index in [1.165, 1.54) is 6.92 Å². The molecule has 84 valence electrons. The van der Waals surface area contributed by atoms with Crippen LogP contribution in [0.15, 0.2) is 15.7 Å². The summed E-state index contributed by atoms with van der Waals surface area (Å²) in [6.07, 6.45) is -1.79. The molecule has 0 saturated carbocycles. The van der Waals surface area contributed by atoms with E-state index in [2.05, 4.69) is 20.9 Å². The number of rotatable bonds is 2. The molecule has 1 rings (SSSR count). The van der Waals surface area contributed by atoms with Gasteiger partial charge in [0.2, 0.25) is 0 Å². The highest BCUT2D eigenvalue weighted by Crippen LogP contribution is 2.31. The summed E-state index contributed by atoms with van der Waals surface area (Å²) in [5.74, 6) is 0. The second-order valence-corrected chi connectivity index (χ2v) is 5.13. The first-order valence-corrected chi connectivity index (χ1v) is 6.05. The van der Waals surface area contributed by atoms with Crippen molar-refractivity contribution in [1.82, 2.24) is 4.98 Å². The zero-order valence-corrected chi connectivity index (χ0v) is 9.94. The summed E-state index contributed by atoms with van der Waals surface area (Å²) in [5.41, 5.74) is -0.545. The SMILES string of the molecule is Cc1c(S(N)(=O)=O)ncc(Br)c1C(F)F. The monoisotopic (exact) mass is 300 g/mol. The first kappa shape index (κ1) is 12.5. The van der Waals surface area contributed by atoms with Gasteiger partial charge in [-0.15, -0.1) is 0 Å². The molecular formula is C7H7BrF2N2O2S. The molecule has 0 saturated heterocycles. The minimum absolute atomic E-state index is 0.0578. The van der Waals surface area contributed by atoms with E-state index in [1.54, 1.807) is 0 Å². The van der Waals surface area contributed by atoms with Gasteiger partial charge in [0.25, 0.3) is 16.4 Å². The van der Waals surface area contributed by atoms with Crippen LogP contribution in [0.1, 0.15) is 17.6 Å². The number of sulfonamides is 1. The molecule has 2 N–H and O–H groups in total. The number of pyridine rings is 1. The Labute approximate surface area is 93.7 Å². The van der Waals surface area contributed by atoms with Crippen molar-refractivity contribution in [3.8, 4) is 0 Å². The van der Waals surface area contributed by atoms with Crippen LogP contribution in [-0.2, 0) is 10.0 Å². The fourth-order valence-electron chi connectivity index (χ4n) is 1.13. The number of nitrogens with zero attached hydrogens (tertiary/aromatic N) is 1. The van der Waals surface area contributed by atoms with Crippen LogP contribution in [0.4, 0.5) is 8.78 Å². The zero-order valence-electron chi connectivity index (χ0n) is 7.54. The van der Waals surface area contributed by atoms with Gasteiger partial charge in [0.05, 0.1) is 0 Å². The maximum atomic E-state index is 12.6. The van der Waals surface area contributed by atoms with Crippen molar-refractivity contribution in [3.63, 3.8) is 0 Å². The highest BCUT2D eigenvalue weighted by atomic mass is 79.9. The molecule has 0 aromatic carbocycles. The molecule has 15 heavy (non-hydrogen) atoms. The molecule has 1 aromatic rings. The van der Waals surface area contributed by atoms with Crippen LogP contribution >= 0.6 is 15.9 Å². The summed E-state index contributed by atoms with van der Waals surface area (Å²) >= 11 is 2.87. The molecule has 0 amide bonds. The molecule has 4 nitrogen and oxygen atoms in total. The van der Waals surface area contributed by atoms with E-state index in [0.29, 0.717) is 0 Å². The lowest BCUT2D eigenvalue weighted by Gasteiger charge is -2.09. The van der Waals surface area contributed by atoms with Gasteiger partial charge < -0.3 is 0 Å². The lowest BCUT2D eigenvalue weighted by molar-refractivity contribution is 0.149. The summed E-state index contributed by atoms with van der Waals surface area (Å²) < 4.78 is 47.2. The standard InChI is InChI=1S/C7H7BrF2N2O2S/c1-3-5(6(9)10)4(8)2-12-7(3)15(11,13)14/h2,6H,1H3,(H2,11,13,14). The molecule has 0 atom stereocenters. The van der Waals surface area contributed by atoms with Gasteiger partial charge in [-0.1, -0.05) is 0 Å². The lowest BCUT2D eigenvalue weighted by Crippen LogP contribution is -2.16. The van der Waals surface area contributed by atoms with Crippen LogP contribution in [0.5, 0.6) is 0 Å². The van der Waals surface area contributed by atoms with Gasteiger partial charge >= 0.3 is 0 Å². The number of primary sulfonamides is 1. The molecular weight excluding hydrogens is 294 g/mol. The predicted octanol–water partition coefficient (Wildman–Crippen LogP) is 1.74. The maximum absolute atomic E-state index is 12.6. The number of alkyl halides is 2. The third kappa shape index (κ3) is 2.50. The fourth-order valence-corrected chi connectivity index (χ4v) is 2.44. The van der Waals surface area contributed by atoms with Gasteiger partial charge in [-0.2, -0.15) is 0 Å². The summed E-state index contributed by atoms with van der Waals surface area (Å²) in [6.45, 7) is 1.24. The average molecular weight is 301 g/mol. The van der Waals surface area contributed by atoms with Crippen molar-refractivity contribution in [3.05, 3.63) is 21.8 Å². The Morgan fingerprint density at radius 3 is 2.47 bits per heavy atom. The summed E-state index contributed by atoms with van der Waals surface area (Å²) in [4.78, 5) is 3.50. The number of halogens is 3. The van der Waals surface area contributed by atoms with Crippen LogP contribution < -0.4 is 5.14 Å². The first-order valence-electron chi connectivity index (χ1n) is 3.71. The maximum Gasteiger partial charge on any atom is 0.265 e. The second kappa shape index (κ2) is 4.11. The Morgan fingerprint density at radius 2 is 2.07 bits per heavy atom. The topological polar surface area (TPSA) is 73.1 Å². The molecule has 0 unspecified atom stereocenters. The van der Waals surface area contributed by atoms with Crippen LogP contribution in [0.25, 0.3) is 0 Å². The van der Waals surface area contributed by atoms with Gasteiger partial charge in [0, 0.05) is 16.2 Å². The lowest BCUT2D eigenvalue weighted by atomic mass is 10.2. The third-order valence-corrected chi connectivity index (χ3v) is 3.35. The smallest absolute Gasteiger partial charge is 0.242 e. The number of hydrogen-bond acceptors (Lipinski definition) is 3. The van der Waals surface area contributed by atoms with Crippen molar-refractivity contribution >= 4 is 26.0 Å². The summed E-state index contributed by atoms with van der Waals surface area (Å²) in [7, 11) is -4.07. The normalized spacial score (nSPS) is 12.1. The van der Waals surface area contributed by atoms with Gasteiger partial charge in [0.15, 0.2) is 5.03 Å². The quantitative estimate of drug-likeness (QED) is 0.904. The molecule has 8 heteroatoms. The summed E-state index contributed by atoms with van der Waals surface area (Å²) in [6, 6.07) is 0. The molecule has 0 aliphatic heterocycles. The van der Waals surface area contributed by atoms with Gasteiger partial charge in [-0.05, 0) is 28.4 Å². The van der Waals surface area contributed by atoms with Crippen molar-refractivity contribution in [2.24, 2.45) is 5.14 Å². The van der Waals surface area contributed by atoms with E-state index in [1.807, 2.05) is 0 Å². The summed E-state index contributed by atoms with van der Waals surface area (Å²) in [5, 5.41) is 4.30. The van der Waals surface area contributed by atoms with Gasteiger partial charge in [-0.25, -0.2) is 27.3 Å². The minimum Gasteiger partial charge on any atom is -0.242 e. The molecule has 0 radical (unpaired) electrons. The molecule has 0 bridgehead atoms. The Bertz CT molecular complexity index is 490. The van der Waals surface area contributed by atoms with Gasteiger partial charge in [0.1, 0.15) is 0 Å². The van der Waals surface area contributed by atoms with Crippen LogP contribution in [0, 0.1) is 6.92 Å². The predicted molar refractivity (Wildman–Crippen MR) is 53.0 cm³/mol. The largest absolute Gasteiger partial charge is 0.265 e. The van der Waals surface area contributed by atoms with E-state index >= 15 is 0 Å². The third-order valence-electron chi connectivity index (χ3n) is 1.76. The van der Waals surface area contributed by atoms with E-state index in [9.17, 15) is 17.2 Å². The number of aromatic nitrogens is 1. The van der Waals surface area contributed by atoms with Gasteiger partial charge in [-0.3, -0.25) is 0 Å². The van der Waals surface area contributed by atoms with Crippen molar-refractivity contribution in [2.45, 2.75) is 18.4 Å². The zero-order chi connectivity index (χ0) is 11.8. The Hall–Kier alpha value is -0.600. The van der Waals surface area contributed by atoms with E-state index in [4.69, 9.17) is 5.14 Å². The van der Waals surface area contributed by atoms with E-state index < -0.39 is 27.0 Å². The Balaban J connectivity index is 3.56. The minimum atomic E-state index is -4.07. The molecule has 0 spiro atoms. The average Bonchev–Trinajstić information content (AvgIpc) is 2.00. The van der Waals surface area contributed by atoms with Crippen LogP contribution in [0.3, 0.4) is 0 Å². The molecule has 1 aromatic heterocycles.